The molecule has 0 aliphatic rings. The smallest absolute Gasteiger partial charge is 0.249 e. The van der Waals surface area contributed by atoms with E-state index >= 15 is 0 Å². The lowest BCUT2D eigenvalue weighted by atomic mass is 10.2. The van der Waals surface area contributed by atoms with Crippen molar-refractivity contribution in [3.8, 4) is 0 Å². The van der Waals surface area contributed by atoms with Crippen molar-refractivity contribution < 1.29 is 19.1 Å². The molecular formula is C16H14N10O4S2. The van der Waals surface area contributed by atoms with Crippen LogP contribution in [0.5, 0.6) is 0 Å². The fourth-order valence-electron chi connectivity index (χ4n) is 2.28. The molecule has 0 aliphatic carbocycles. The number of thiocarbonyl (C=S) groups is 2. The monoisotopic (exact) mass is 474 g/mol. The Kier molecular flexibility index (Phi) is 6.99. The van der Waals surface area contributed by atoms with Crippen LogP contribution in [0.3, 0.4) is 0 Å². The fourth-order valence-corrected chi connectivity index (χ4v) is 2.39. The molecule has 4 rings (SSSR count). The van der Waals surface area contributed by atoms with Gasteiger partial charge >= 0.3 is 0 Å². The van der Waals surface area contributed by atoms with Gasteiger partial charge in [-0.3, -0.25) is 20.1 Å². The number of rotatable bonds is 4. The maximum Gasteiger partial charge on any atom is 0.249 e. The molecule has 0 atom stereocenters. The third-order valence-corrected chi connectivity index (χ3v) is 3.78. The van der Waals surface area contributed by atoms with E-state index in [1.807, 2.05) is 0 Å². The summed E-state index contributed by atoms with van der Waals surface area (Å²) in [4.78, 5) is 0.664. The topological polar surface area (TPSA) is 207 Å². The molecule has 4 aromatic rings. The van der Waals surface area contributed by atoms with Crippen molar-refractivity contribution in [2.24, 2.45) is 21.7 Å². The van der Waals surface area contributed by atoms with Crippen LogP contribution < -0.4 is 32.1 Å². The summed E-state index contributed by atoms with van der Waals surface area (Å²) in [6.07, 6.45) is 2.98. The van der Waals surface area contributed by atoms with Crippen molar-refractivity contribution in [2.75, 3.05) is 0 Å². The zero-order valence-electron chi connectivity index (χ0n) is 15.9. The molecule has 0 spiro atoms. The second-order valence-electron chi connectivity index (χ2n) is 5.82. The van der Waals surface area contributed by atoms with E-state index in [1.54, 1.807) is 36.4 Å². The number of nitrogens with one attached hydrogen (secondary N) is 2. The van der Waals surface area contributed by atoms with Gasteiger partial charge in [-0.05, 0) is 69.6 Å². The molecule has 164 valence electrons. The minimum Gasteiger partial charge on any atom is -0.375 e. The number of aromatic nitrogens is 4. The Morgan fingerprint density at radius 2 is 1.38 bits per heavy atom. The molecule has 0 unspecified atom stereocenters. The van der Waals surface area contributed by atoms with Crippen LogP contribution in [0.15, 0.2) is 55.9 Å². The molecular weight excluding hydrogens is 460 g/mol. The molecule has 0 aliphatic heterocycles. The number of hydrazone groups is 2. The molecule has 14 nitrogen and oxygen atoms in total. The number of fused-ring (bicyclic) bond motifs is 2. The highest BCUT2D eigenvalue weighted by Gasteiger charge is 2.09. The molecule has 2 aromatic heterocycles. The molecule has 0 radical (unpaired) electrons. The van der Waals surface area contributed by atoms with E-state index in [0.717, 1.165) is 5.56 Å². The van der Waals surface area contributed by atoms with Gasteiger partial charge in [0.15, 0.2) is 10.2 Å². The maximum atomic E-state index is 11.1. The van der Waals surface area contributed by atoms with E-state index < -0.39 is 0 Å². The van der Waals surface area contributed by atoms with E-state index in [4.69, 9.17) is 11.5 Å². The summed E-state index contributed by atoms with van der Waals surface area (Å²) in [6, 6.07) is 9.89. The second kappa shape index (κ2) is 10.0. The van der Waals surface area contributed by atoms with Gasteiger partial charge in [0.05, 0.1) is 12.4 Å². The van der Waals surface area contributed by atoms with Crippen LogP contribution in [0.4, 0.5) is 0 Å². The lowest BCUT2D eigenvalue weighted by Crippen LogP contribution is -2.24. The quantitative estimate of drug-likeness (QED) is 0.125. The largest absolute Gasteiger partial charge is 0.375 e. The molecule has 6 N–H and O–H groups in total. The van der Waals surface area contributed by atoms with Gasteiger partial charge in [0.25, 0.3) is 0 Å². The van der Waals surface area contributed by atoms with Crippen molar-refractivity contribution in [3.05, 3.63) is 57.9 Å². The van der Waals surface area contributed by atoms with E-state index in [0.29, 0.717) is 37.4 Å². The van der Waals surface area contributed by atoms with Crippen molar-refractivity contribution in [1.82, 2.24) is 21.2 Å². The van der Waals surface area contributed by atoms with E-state index in [1.165, 1.54) is 12.4 Å². The van der Waals surface area contributed by atoms with Gasteiger partial charge in [-0.15, -0.1) is 0 Å². The van der Waals surface area contributed by atoms with Crippen molar-refractivity contribution in [2.45, 2.75) is 0 Å². The van der Waals surface area contributed by atoms with E-state index in [-0.39, 0.29) is 10.2 Å². The molecule has 0 fully saturated rings. The predicted molar refractivity (Wildman–Crippen MR) is 121 cm³/mol. The minimum atomic E-state index is 0.0706. The van der Waals surface area contributed by atoms with Crippen LogP contribution in [-0.2, 0) is 0 Å². The summed E-state index contributed by atoms with van der Waals surface area (Å²) >= 11 is 9.14. The van der Waals surface area contributed by atoms with Crippen molar-refractivity contribution in [1.29, 1.82) is 0 Å². The first kappa shape index (κ1) is 22.2. The van der Waals surface area contributed by atoms with Gasteiger partial charge in [-0.2, -0.15) is 10.2 Å². The lowest BCUT2D eigenvalue weighted by molar-refractivity contribution is -0.782. The summed E-state index contributed by atoms with van der Waals surface area (Å²) in [7, 11) is 0. The van der Waals surface area contributed by atoms with Gasteiger partial charge in [-0.1, -0.05) is 0 Å². The van der Waals surface area contributed by atoms with Crippen LogP contribution in [0.2, 0.25) is 0 Å². The summed E-state index contributed by atoms with van der Waals surface area (Å²) in [5, 5.41) is 36.9. The SMILES string of the molecule is NC(=S)N/N=C/c1ccc2c(c1)no[n+]2[O-].NC(=S)N/N=C/c1ccc2no[n+]([O-])c2c1. The van der Waals surface area contributed by atoms with Crippen molar-refractivity contribution >= 4 is 69.2 Å². The Hall–Kier alpha value is -4.44. The lowest BCUT2D eigenvalue weighted by Gasteiger charge is -1.94. The van der Waals surface area contributed by atoms with Crippen LogP contribution in [0.1, 0.15) is 11.1 Å². The van der Waals surface area contributed by atoms with E-state index in [9.17, 15) is 10.4 Å². The van der Waals surface area contributed by atoms with Gasteiger partial charge in [0, 0.05) is 22.4 Å². The average Bonchev–Trinajstić information content (AvgIpc) is 3.30. The van der Waals surface area contributed by atoms with Gasteiger partial charge in [-0.25, -0.2) is 0 Å². The zero-order valence-corrected chi connectivity index (χ0v) is 17.5. The summed E-state index contributed by atoms with van der Waals surface area (Å²) in [5.41, 5.74) is 18.3. The molecule has 32 heavy (non-hydrogen) atoms. The standard InChI is InChI=1S/2C8H7N5O2S/c9-8(16)11-10-4-5-1-2-7-6(3-5)12-15-13(7)14;9-8(16)11-10-4-5-1-2-6-7(3-5)13(14)15-12-6/h2*1-4H,(H3,9,11,16)/b2*10-4+. The summed E-state index contributed by atoms with van der Waals surface area (Å²) in [6.45, 7) is 0. The first-order valence-corrected chi connectivity index (χ1v) is 9.31. The van der Waals surface area contributed by atoms with Gasteiger partial charge in [0.2, 0.25) is 22.1 Å². The van der Waals surface area contributed by atoms with Gasteiger partial charge in [0.1, 0.15) is 0 Å². The second-order valence-corrected chi connectivity index (χ2v) is 6.70. The van der Waals surface area contributed by atoms with Crippen LogP contribution in [-0.4, -0.2) is 33.0 Å². The Labute approximate surface area is 189 Å². The fraction of sp³-hybridized carbons (Fsp3) is 0. The first-order valence-electron chi connectivity index (χ1n) is 8.49. The number of hydrogen-bond acceptors (Lipinski definition) is 10. The van der Waals surface area contributed by atoms with Crippen LogP contribution in [0, 0.1) is 10.4 Å². The van der Waals surface area contributed by atoms with Crippen molar-refractivity contribution in [3.63, 3.8) is 0 Å². The number of benzene rings is 2. The van der Waals surface area contributed by atoms with Crippen LogP contribution in [0.25, 0.3) is 22.1 Å². The molecule has 0 bridgehead atoms. The Morgan fingerprint density at radius 3 is 2.00 bits per heavy atom. The average molecular weight is 474 g/mol. The normalized spacial score (nSPS) is 11.0. The molecule has 16 heteroatoms. The highest BCUT2D eigenvalue weighted by Crippen LogP contribution is 2.09. The Bertz CT molecular complexity index is 1330. The highest BCUT2D eigenvalue weighted by atomic mass is 32.1. The maximum absolute atomic E-state index is 11.1. The van der Waals surface area contributed by atoms with E-state index in [2.05, 4.69) is 65.1 Å². The molecule has 2 aromatic carbocycles. The van der Waals surface area contributed by atoms with Gasteiger partial charge < -0.3 is 21.9 Å². The number of hydrogen-bond donors (Lipinski definition) is 4. The molecule has 2 heterocycles. The summed E-state index contributed by atoms with van der Waals surface area (Å²) in [5.74, 6) is 0. The summed E-state index contributed by atoms with van der Waals surface area (Å²) < 4.78 is 8.85. The third kappa shape index (κ3) is 5.80. The zero-order chi connectivity index (χ0) is 23.1. The molecule has 0 amide bonds. The highest BCUT2D eigenvalue weighted by molar-refractivity contribution is 7.80. The van der Waals surface area contributed by atoms with Crippen LogP contribution >= 0.6 is 24.4 Å². The molecule has 0 saturated carbocycles. The predicted octanol–water partition coefficient (Wildman–Crippen LogP) is -0.743. The third-order valence-electron chi connectivity index (χ3n) is 3.60. The first-order chi connectivity index (χ1) is 15.3. The number of nitrogens with two attached hydrogens (primary N) is 2. The Balaban J connectivity index is 0.000000181. The Morgan fingerprint density at radius 1 is 0.844 bits per heavy atom. The number of nitrogens with zero attached hydrogens (tertiary/aromatic N) is 6. The minimum absolute atomic E-state index is 0.0706. The molecule has 0 saturated heterocycles.